The predicted octanol–water partition coefficient (Wildman–Crippen LogP) is 2.85. The first-order valence-electron chi connectivity index (χ1n) is 9.63. The molecule has 9 nitrogen and oxygen atoms in total. The van der Waals surface area contributed by atoms with Crippen LogP contribution < -0.4 is 16.3 Å². The molecule has 0 unspecified atom stereocenters. The van der Waals surface area contributed by atoms with Crippen molar-refractivity contribution >= 4 is 38.3 Å². The van der Waals surface area contributed by atoms with Crippen LogP contribution in [-0.2, 0) is 10.0 Å². The van der Waals surface area contributed by atoms with Gasteiger partial charge in [0, 0.05) is 6.20 Å². The second kappa shape index (κ2) is 7.20. The second-order valence-electron chi connectivity index (χ2n) is 7.20. The number of aryl methyl sites for hydroxylation is 1. The molecule has 3 heterocycles. The summed E-state index contributed by atoms with van der Waals surface area (Å²) >= 11 is 0. The summed E-state index contributed by atoms with van der Waals surface area (Å²) in [5, 5.41) is 14.1. The Hall–Kier alpha value is -4.18. The molecular weight excluding hydrogens is 430 g/mol. The van der Waals surface area contributed by atoms with Crippen molar-refractivity contribution in [2.45, 2.75) is 11.8 Å². The third kappa shape index (κ3) is 3.08. The van der Waals surface area contributed by atoms with E-state index < -0.39 is 21.3 Å². The normalized spacial score (nSPS) is 14.3. The van der Waals surface area contributed by atoms with Crippen molar-refractivity contribution in [2.75, 3.05) is 10.7 Å². The Balaban J connectivity index is 1.78. The lowest BCUT2D eigenvalue weighted by Crippen LogP contribution is -2.35. The summed E-state index contributed by atoms with van der Waals surface area (Å²) in [4.78, 5) is 17.8. The van der Waals surface area contributed by atoms with Gasteiger partial charge in [0.15, 0.2) is 11.5 Å². The van der Waals surface area contributed by atoms with Crippen LogP contribution in [0.4, 0.5) is 11.4 Å². The van der Waals surface area contributed by atoms with Crippen molar-refractivity contribution in [3.05, 3.63) is 88.3 Å². The molecule has 0 bridgehead atoms. The fraction of sp³-hybridized carbons (Fsp3) is 0.0455. The van der Waals surface area contributed by atoms with E-state index in [0.29, 0.717) is 5.69 Å². The zero-order valence-corrected chi connectivity index (χ0v) is 17.6. The van der Waals surface area contributed by atoms with Gasteiger partial charge in [0.25, 0.3) is 15.6 Å². The molecule has 0 spiro atoms. The molecule has 0 atom stereocenters. The van der Waals surface area contributed by atoms with Crippen LogP contribution >= 0.6 is 0 Å². The van der Waals surface area contributed by atoms with Gasteiger partial charge >= 0.3 is 0 Å². The molecule has 10 heteroatoms. The quantitative estimate of drug-likeness (QED) is 0.441. The first-order valence-corrected chi connectivity index (χ1v) is 11.1. The van der Waals surface area contributed by atoms with E-state index in [1.165, 1.54) is 16.9 Å². The Morgan fingerprint density at radius 3 is 2.59 bits per heavy atom. The molecule has 0 radical (unpaired) electrons. The highest BCUT2D eigenvalue weighted by atomic mass is 32.2. The van der Waals surface area contributed by atoms with Gasteiger partial charge in [-0.3, -0.25) is 10.2 Å². The lowest BCUT2D eigenvalue weighted by atomic mass is 10.1. The molecule has 1 aliphatic rings. The van der Waals surface area contributed by atoms with Crippen LogP contribution in [0.25, 0.3) is 11.0 Å². The standard InChI is InChI=1S/C22H17N5O4S/c1-13-7-2-3-9-15(13)25-27-21-14(8-6-12-23-21)19(28)18(22(27)29)20-24-16-10-4-5-11-17(16)32(30,31)26-20/h2-12,25,28H,1H3,(H,24,26). The summed E-state index contributed by atoms with van der Waals surface area (Å²) in [7, 11) is -4.07. The van der Waals surface area contributed by atoms with Crippen LogP contribution in [0.1, 0.15) is 11.1 Å². The van der Waals surface area contributed by atoms with Gasteiger partial charge in [0.05, 0.1) is 16.8 Å². The van der Waals surface area contributed by atoms with Crippen LogP contribution in [-0.4, -0.2) is 29.0 Å². The number of aromatic hydroxyl groups is 1. The highest BCUT2D eigenvalue weighted by Gasteiger charge is 2.30. The SMILES string of the molecule is Cc1ccccc1Nn1c(=O)c(C2=NS(=O)(=O)c3ccccc3N2)c(O)c2cccnc21. The number of hydrogen-bond acceptors (Lipinski definition) is 7. The van der Waals surface area contributed by atoms with Crippen molar-refractivity contribution in [1.82, 2.24) is 9.66 Å². The lowest BCUT2D eigenvalue weighted by molar-refractivity contribution is 0.478. The second-order valence-corrected chi connectivity index (χ2v) is 8.77. The van der Waals surface area contributed by atoms with Gasteiger partial charge in [-0.05, 0) is 42.8 Å². The van der Waals surface area contributed by atoms with Crippen LogP contribution in [0.15, 0.2) is 80.9 Å². The van der Waals surface area contributed by atoms with Crippen molar-refractivity contribution in [2.24, 2.45) is 4.40 Å². The first kappa shape index (κ1) is 19.8. The maximum absolute atomic E-state index is 13.5. The van der Waals surface area contributed by atoms with Crippen LogP contribution in [0.5, 0.6) is 5.75 Å². The van der Waals surface area contributed by atoms with Crippen molar-refractivity contribution in [3.8, 4) is 5.75 Å². The maximum atomic E-state index is 13.5. The van der Waals surface area contributed by atoms with Gasteiger partial charge in [0.1, 0.15) is 16.2 Å². The third-order valence-electron chi connectivity index (χ3n) is 5.15. The molecule has 0 saturated heterocycles. The van der Waals surface area contributed by atoms with Crippen molar-refractivity contribution < 1.29 is 13.5 Å². The molecule has 0 amide bonds. The van der Waals surface area contributed by atoms with E-state index in [9.17, 15) is 18.3 Å². The van der Waals surface area contributed by atoms with E-state index >= 15 is 0 Å². The number of hydrogen-bond donors (Lipinski definition) is 3. The number of benzene rings is 2. The zero-order chi connectivity index (χ0) is 22.5. The molecule has 2 aromatic heterocycles. The average molecular weight is 447 g/mol. The monoisotopic (exact) mass is 447 g/mol. The Morgan fingerprint density at radius 2 is 1.78 bits per heavy atom. The summed E-state index contributed by atoms with van der Waals surface area (Å²) in [5.41, 5.74) is 4.00. The summed E-state index contributed by atoms with van der Waals surface area (Å²) in [6.07, 6.45) is 1.49. The van der Waals surface area contributed by atoms with E-state index in [2.05, 4.69) is 20.1 Å². The zero-order valence-electron chi connectivity index (χ0n) is 16.8. The minimum Gasteiger partial charge on any atom is -0.506 e. The minimum atomic E-state index is -4.07. The fourth-order valence-corrected chi connectivity index (χ4v) is 4.69. The summed E-state index contributed by atoms with van der Waals surface area (Å²) in [6.45, 7) is 1.88. The molecule has 32 heavy (non-hydrogen) atoms. The van der Waals surface area contributed by atoms with E-state index in [1.807, 2.05) is 25.1 Å². The van der Waals surface area contributed by atoms with Crippen LogP contribution in [0.2, 0.25) is 0 Å². The molecule has 0 fully saturated rings. The summed E-state index contributed by atoms with van der Waals surface area (Å²) in [6, 6.07) is 16.8. The summed E-state index contributed by atoms with van der Waals surface area (Å²) in [5.74, 6) is -0.681. The van der Waals surface area contributed by atoms with Gasteiger partial charge in [0.2, 0.25) is 0 Å². The van der Waals surface area contributed by atoms with Gasteiger partial charge in [-0.15, -0.1) is 4.40 Å². The molecule has 2 aromatic carbocycles. The number of nitrogens with zero attached hydrogens (tertiary/aromatic N) is 3. The van der Waals surface area contributed by atoms with Crippen LogP contribution in [0, 0.1) is 6.92 Å². The topological polar surface area (TPSA) is 126 Å². The predicted molar refractivity (Wildman–Crippen MR) is 122 cm³/mol. The largest absolute Gasteiger partial charge is 0.506 e. The number of rotatable bonds is 3. The van der Waals surface area contributed by atoms with E-state index in [4.69, 9.17) is 0 Å². The minimum absolute atomic E-state index is 0.0101. The lowest BCUT2D eigenvalue weighted by Gasteiger charge is -2.21. The average Bonchev–Trinajstić information content (AvgIpc) is 2.77. The number of amidine groups is 1. The van der Waals surface area contributed by atoms with Gasteiger partial charge in [-0.1, -0.05) is 30.3 Å². The van der Waals surface area contributed by atoms with Crippen molar-refractivity contribution in [3.63, 3.8) is 0 Å². The van der Waals surface area contributed by atoms with E-state index in [0.717, 1.165) is 5.56 Å². The van der Waals surface area contributed by atoms with Gasteiger partial charge in [-0.2, -0.15) is 13.1 Å². The fourth-order valence-electron chi connectivity index (χ4n) is 3.56. The molecule has 0 saturated carbocycles. The molecule has 0 aliphatic carbocycles. The first-order chi connectivity index (χ1) is 15.4. The molecule has 4 aromatic rings. The Kier molecular flexibility index (Phi) is 4.45. The molecule has 5 rings (SSSR count). The Labute approximate surface area is 182 Å². The number of para-hydroxylation sites is 2. The highest BCUT2D eigenvalue weighted by molar-refractivity contribution is 7.90. The van der Waals surface area contributed by atoms with Crippen LogP contribution in [0.3, 0.4) is 0 Å². The van der Waals surface area contributed by atoms with Gasteiger partial charge in [-0.25, -0.2) is 4.98 Å². The Bertz CT molecular complexity index is 1590. The maximum Gasteiger partial charge on any atom is 0.286 e. The number of aromatic nitrogens is 2. The smallest absolute Gasteiger partial charge is 0.286 e. The number of sulfonamides is 1. The van der Waals surface area contributed by atoms with E-state index in [1.54, 1.807) is 36.4 Å². The Morgan fingerprint density at radius 1 is 1.03 bits per heavy atom. The molecular formula is C22H17N5O4S. The number of pyridine rings is 2. The van der Waals surface area contributed by atoms with Gasteiger partial charge < -0.3 is 10.4 Å². The molecule has 1 aliphatic heterocycles. The number of fused-ring (bicyclic) bond motifs is 2. The summed E-state index contributed by atoms with van der Waals surface area (Å²) < 4.78 is 30.4. The highest BCUT2D eigenvalue weighted by Crippen LogP contribution is 2.31. The molecule has 160 valence electrons. The molecule has 3 N–H and O–H groups in total. The van der Waals surface area contributed by atoms with Crippen molar-refractivity contribution in [1.29, 1.82) is 0 Å². The number of anilines is 2. The van der Waals surface area contributed by atoms with E-state index in [-0.39, 0.29) is 33.0 Å². The number of nitrogens with one attached hydrogen (secondary N) is 2. The third-order valence-corrected chi connectivity index (χ3v) is 6.49.